The number of nitrogens with one attached hydrogen (secondary N) is 1. The first kappa shape index (κ1) is 19.5. The van der Waals surface area contributed by atoms with Gasteiger partial charge in [0.15, 0.2) is 11.6 Å². The van der Waals surface area contributed by atoms with Gasteiger partial charge in [0.2, 0.25) is 0 Å². The fourth-order valence-electron chi connectivity index (χ4n) is 3.01. The number of piperazine rings is 1. The lowest BCUT2D eigenvalue weighted by Crippen LogP contribution is -2.44. The summed E-state index contributed by atoms with van der Waals surface area (Å²) in [7, 11) is 2.07. The summed E-state index contributed by atoms with van der Waals surface area (Å²) in [5, 5.41) is 11.6. The van der Waals surface area contributed by atoms with Crippen LogP contribution in [0.3, 0.4) is 0 Å². The quantitative estimate of drug-likeness (QED) is 0.726. The number of rotatable bonds is 4. The van der Waals surface area contributed by atoms with Crippen LogP contribution >= 0.6 is 12.4 Å². The Morgan fingerprint density at radius 1 is 1.07 bits per heavy atom. The van der Waals surface area contributed by atoms with Crippen LogP contribution in [0.5, 0.6) is 0 Å². The van der Waals surface area contributed by atoms with E-state index in [0.29, 0.717) is 23.4 Å². The number of hydrogen-bond acceptors (Lipinski definition) is 8. The van der Waals surface area contributed by atoms with E-state index in [4.69, 9.17) is 9.05 Å². The van der Waals surface area contributed by atoms with Gasteiger partial charge < -0.3 is 14.4 Å². The first-order valence-electron chi connectivity index (χ1n) is 8.81. The Balaban J connectivity index is 0.00000210. The Hall–Kier alpha value is -2.29. The Labute approximate surface area is 163 Å². The van der Waals surface area contributed by atoms with E-state index in [1.165, 1.54) is 0 Å². The van der Waals surface area contributed by atoms with Crippen LogP contribution < -0.4 is 5.32 Å². The Bertz CT molecular complexity index is 893. The highest BCUT2D eigenvalue weighted by Gasteiger charge is 2.26. The first-order valence-corrected chi connectivity index (χ1v) is 8.81. The fraction of sp³-hybridized carbons (Fsp3) is 0.444. The third-order valence-electron chi connectivity index (χ3n) is 4.60. The molecule has 0 saturated carbocycles. The molecule has 1 fully saturated rings. The zero-order valence-electron chi connectivity index (χ0n) is 15.5. The van der Waals surface area contributed by atoms with E-state index < -0.39 is 0 Å². The summed E-state index contributed by atoms with van der Waals surface area (Å²) in [6.45, 7) is 6.78. The molecule has 1 aliphatic heterocycles. The van der Waals surface area contributed by atoms with Crippen LogP contribution in [-0.4, -0.2) is 51.9 Å². The van der Waals surface area contributed by atoms with Crippen molar-refractivity contribution in [2.45, 2.75) is 25.8 Å². The number of hydrogen-bond donors (Lipinski definition) is 1. The predicted molar refractivity (Wildman–Crippen MR) is 103 cm³/mol. The minimum absolute atomic E-state index is 0. The number of aromatic nitrogens is 4. The van der Waals surface area contributed by atoms with Crippen LogP contribution in [0.4, 0.5) is 0 Å². The Morgan fingerprint density at radius 2 is 1.74 bits per heavy atom. The van der Waals surface area contributed by atoms with Crippen LogP contribution in [0.2, 0.25) is 0 Å². The van der Waals surface area contributed by atoms with E-state index in [9.17, 15) is 0 Å². The van der Waals surface area contributed by atoms with Crippen LogP contribution in [0.1, 0.15) is 37.5 Å². The SMILES string of the molecule is CC(C)c1noc(-c2ccccc2-c2nc(C3CNCCN3C)no2)n1.Cl. The maximum atomic E-state index is 5.56. The summed E-state index contributed by atoms with van der Waals surface area (Å²) < 4.78 is 11.0. The molecule has 2 aromatic heterocycles. The summed E-state index contributed by atoms with van der Waals surface area (Å²) in [6, 6.07) is 7.80. The fourth-order valence-corrected chi connectivity index (χ4v) is 3.01. The molecule has 1 aromatic carbocycles. The second-order valence-electron chi connectivity index (χ2n) is 6.82. The van der Waals surface area contributed by atoms with Gasteiger partial charge in [-0.2, -0.15) is 9.97 Å². The van der Waals surface area contributed by atoms with Crippen molar-refractivity contribution in [2.75, 3.05) is 26.7 Å². The molecule has 3 heterocycles. The number of halogens is 1. The Morgan fingerprint density at radius 3 is 2.37 bits per heavy atom. The van der Waals surface area contributed by atoms with Gasteiger partial charge in [-0.3, -0.25) is 4.90 Å². The molecule has 1 saturated heterocycles. The van der Waals surface area contributed by atoms with Gasteiger partial charge in [0.05, 0.1) is 17.2 Å². The molecule has 0 amide bonds. The van der Waals surface area contributed by atoms with Crippen molar-refractivity contribution in [3.8, 4) is 22.9 Å². The van der Waals surface area contributed by atoms with E-state index in [1.54, 1.807) is 0 Å². The monoisotopic (exact) mass is 390 g/mol. The van der Waals surface area contributed by atoms with E-state index >= 15 is 0 Å². The first-order chi connectivity index (χ1) is 12.6. The topological polar surface area (TPSA) is 93.1 Å². The van der Waals surface area contributed by atoms with Gasteiger partial charge in [-0.25, -0.2) is 0 Å². The maximum absolute atomic E-state index is 5.56. The van der Waals surface area contributed by atoms with Crippen LogP contribution in [0, 0.1) is 0 Å². The highest BCUT2D eigenvalue weighted by Crippen LogP contribution is 2.31. The highest BCUT2D eigenvalue weighted by molar-refractivity contribution is 5.85. The van der Waals surface area contributed by atoms with Crippen molar-refractivity contribution in [3.05, 3.63) is 35.9 Å². The normalized spacial score (nSPS) is 17.9. The lowest BCUT2D eigenvalue weighted by molar-refractivity contribution is 0.190. The molecule has 1 unspecified atom stereocenters. The molecule has 1 atom stereocenters. The third-order valence-corrected chi connectivity index (χ3v) is 4.60. The summed E-state index contributed by atoms with van der Waals surface area (Å²) >= 11 is 0. The van der Waals surface area contributed by atoms with Crippen molar-refractivity contribution >= 4 is 12.4 Å². The number of likely N-dealkylation sites (N-methyl/N-ethyl adjacent to an activating group) is 1. The maximum Gasteiger partial charge on any atom is 0.258 e. The van der Waals surface area contributed by atoms with Gasteiger partial charge in [0.1, 0.15) is 0 Å². The second-order valence-corrected chi connectivity index (χ2v) is 6.82. The molecule has 4 rings (SSSR count). The van der Waals surface area contributed by atoms with Crippen molar-refractivity contribution < 1.29 is 9.05 Å². The van der Waals surface area contributed by atoms with E-state index in [-0.39, 0.29) is 24.4 Å². The average molecular weight is 391 g/mol. The van der Waals surface area contributed by atoms with Crippen molar-refractivity contribution in [2.24, 2.45) is 0 Å². The van der Waals surface area contributed by atoms with E-state index in [0.717, 1.165) is 30.8 Å². The van der Waals surface area contributed by atoms with Gasteiger partial charge in [0, 0.05) is 25.6 Å². The molecule has 9 heteroatoms. The lowest BCUT2D eigenvalue weighted by Gasteiger charge is -2.30. The van der Waals surface area contributed by atoms with Gasteiger partial charge >= 0.3 is 0 Å². The minimum Gasteiger partial charge on any atom is -0.334 e. The molecule has 0 aliphatic carbocycles. The molecular formula is C18H23ClN6O2. The van der Waals surface area contributed by atoms with Crippen LogP contribution in [-0.2, 0) is 0 Å². The standard InChI is InChI=1S/C18H22N6O2.ClH/c1-11(2)15-20-17(25-22-15)12-6-4-5-7-13(12)18-21-16(23-26-18)14-10-19-8-9-24(14)3;/h4-7,11,14,19H,8-10H2,1-3H3;1H. The molecule has 1 N–H and O–H groups in total. The van der Waals surface area contributed by atoms with E-state index in [1.807, 2.05) is 38.1 Å². The largest absolute Gasteiger partial charge is 0.334 e. The minimum atomic E-state index is 0. The third kappa shape index (κ3) is 3.87. The molecule has 27 heavy (non-hydrogen) atoms. The molecule has 0 spiro atoms. The van der Waals surface area contributed by atoms with Gasteiger partial charge in [-0.05, 0) is 19.2 Å². The Kier molecular flexibility index (Phi) is 5.88. The van der Waals surface area contributed by atoms with Gasteiger partial charge in [-0.15, -0.1) is 12.4 Å². The summed E-state index contributed by atoms with van der Waals surface area (Å²) in [5.74, 6) is 2.47. The molecule has 8 nitrogen and oxygen atoms in total. The number of nitrogens with zero attached hydrogens (tertiary/aromatic N) is 5. The molecule has 0 bridgehead atoms. The highest BCUT2D eigenvalue weighted by atomic mass is 35.5. The summed E-state index contributed by atoms with van der Waals surface area (Å²) in [6.07, 6.45) is 0. The zero-order valence-corrected chi connectivity index (χ0v) is 16.4. The van der Waals surface area contributed by atoms with Crippen LogP contribution in [0.25, 0.3) is 22.9 Å². The summed E-state index contributed by atoms with van der Waals surface area (Å²) in [5.41, 5.74) is 1.58. The smallest absolute Gasteiger partial charge is 0.258 e. The average Bonchev–Trinajstić information content (AvgIpc) is 3.32. The zero-order chi connectivity index (χ0) is 18.1. The molecular weight excluding hydrogens is 368 g/mol. The number of benzene rings is 1. The van der Waals surface area contributed by atoms with E-state index in [2.05, 4.69) is 37.5 Å². The molecule has 0 radical (unpaired) electrons. The molecule has 1 aliphatic rings. The summed E-state index contributed by atoms with van der Waals surface area (Å²) in [4.78, 5) is 11.3. The molecule has 3 aromatic rings. The molecule has 144 valence electrons. The lowest BCUT2D eigenvalue weighted by atomic mass is 10.1. The van der Waals surface area contributed by atoms with Gasteiger partial charge in [-0.1, -0.05) is 36.3 Å². The van der Waals surface area contributed by atoms with Crippen molar-refractivity contribution in [1.82, 2.24) is 30.5 Å². The van der Waals surface area contributed by atoms with Crippen molar-refractivity contribution in [1.29, 1.82) is 0 Å². The van der Waals surface area contributed by atoms with Gasteiger partial charge in [0.25, 0.3) is 11.8 Å². The second kappa shape index (κ2) is 8.16. The van der Waals surface area contributed by atoms with Crippen LogP contribution in [0.15, 0.2) is 33.3 Å². The van der Waals surface area contributed by atoms with Crippen molar-refractivity contribution in [3.63, 3.8) is 0 Å². The predicted octanol–water partition coefficient (Wildman–Crippen LogP) is 2.91.